The maximum Gasteiger partial charge on any atom is 0.335 e. The number of halogens is 1. The van der Waals surface area contributed by atoms with Gasteiger partial charge in [-0.25, -0.2) is 13.2 Å². The largest absolute Gasteiger partial charge is 0.478 e. The third-order valence-electron chi connectivity index (χ3n) is 4.66. The van der Waals surface area contributed by atoms with E-state index in [-0.39, 0.29) is 17.0 Å². The van der Waals surface area contributed by atoms with E-state index in [1.54, 1.807) is 54.6 Å². The van der Waals surface area contributed by atoms with Gasteiger partial charge in [-0.2, -0.15) is 4.31 Å². The zero-order chi connectivity index (χ0) is 21.7. The summed E-state index contributed by atoms with van der Waals surface area (Å²) in [5.41, 5.74) is 1.28. The second-order valence-electron chi connectivity index (χ2n) is 6.62. The molecule has 6 nitrogen and oxygen atoms in total. The molecule has 0 aliphatic rings. The quantitative estimate of drug-likeness (QED) is 0.547. The Morgan fingerprint density at radius 3 is 2.07 bits per heavy atom. The fraction of sp³-hybridized carbons (Fsp3) is 0.136. The molecule has 3 aromatic rings. The van der Waals surface area contributed by atoms with E-state index in [1.807, 2.05) is 0 Å². The Balaban J connectivity index is 2.05. The molecule has 0 spiro atoms. The Labute approximate surface area is 180 Å². The predicted octanol–water partition coefficient (Wildman–Crippen LogP) is 3.96. The number of carboxylic acids is 1. The van der Waals surface area contributed by atoms with Crippen molar-refractivity contribution in [2.24, 2.45) is 0 Å². The highest BCUT2D eigenvalue weighted by Gasteiger charge is 2.32. The minimum absolute atomic E-state index is 0.0506. The van der Waals surface area contributed by atoms with Crippen molar-refractivity contribution < 1.29 is 23.4 Å². The number of nitrogens with zero attached hydrogens (tertiary/aromatic N) is 1. The molecule has 0 fully saturated rings. The highest BCUT2D eigenvalue weighted by molar-refractivity contribution is 7.89. The van der Waals surface area contributed by atoms with Crippen molar-refractivity contribution in [1.29, 1.82) is 0 Å². The van der Waals surface area contributed by atoms with Crippen molar-refractivity contribution >= 4 is 27.6 Å². The lowest BCUT2D eigenvalue weighted by Crippen LogP contribution is -2.36. The van der Waals surface area contributed by atoms with E-state index in [2.05, 4.69) is 0 Å². The standard InChI is InChI=1S/C22H20ClNO5S/c23-19-12-10-17(11-13-19)21(15-25)24(30(28,29)20-4-2-1-3-5-20)14-16-6-8-18(9-7-16)22(26)27/h1-13,21,25H,14-15H2,(H,26,27)/t21-/m0/s1. The molecule has 0 saturated carbocycles. The molecule has 0 unspecified atom stereocenters. The van der Waals surface area contributed by atoms with Gasteiger partial charge in [0, 0.05) is 11.6 Å². The third-order valence-corrected chi connectivity index (χ3v) is 6.79. The van der Waals surface area contributed by atoms with Gasteiger partial charge in [-0.05, 0) is 47.5 Å². The van der Waals surface area contributed by atoms with Gasteiger partial charge in [0.15, 0.2) is 0 Å². The topological polar surface area (TPSA) is 94.9 Å². The van der Waals surface area contributed by atoms with Gasteiger partial charge in [0.2, 0.25) is 10.0 Å². The summed E-state index contributed by atoms with van der Waals surface area (Å²) in [5, 5.41) is 19.7. The van der Waals surface area contributed by atoms with Crippen molar-refractivity contribution in [3.63, 3.8) is 0 Å². The van der Waals surface area contributed by atoms with Gasteiger partial charge < -0.3 is 10.2 Å². The summed E-state index contributed by atoms with van der Waals surface area (Å²) in [7, 11) is -3.97. The zero-order valence-electron chi connectivity index (χ0n) is 15.8. The Kier molecular flexibility index (Phi) is 6.89. The van der Waals surface area contributed by atoms with Crippen LogP contribution in [0.4, 0.5) is 0 Å². The molecule has 156 valence electrons. The fourth-order valence-electron chi connectivity index (χ4n) is 3.07. The van der Waals surface area contributed by atoms with E-state index in [4.69, 9.17) is 16.7 Å². The maximum absolute atomic E-state index is 13.4. The van der Waals surface area contributed by atoms with Gasteiger partial charge in [0.25, 0.3) is 0 Å². The Bertz CT molecular complexity index is 1100. The normalized spacial score (nSPS) is 12.6. The lowest BCUT2D eigenvalue weighted by atomic mass is 10.1. The van der Waals surface area contributed by atoms with Crippen LogP contribution in [0.5, 0.6) is 0 Å². The van der Waals surface area contributed by atoms with Gasteiger partial charge >= 0.3 is 5.97 Å². The van der Waals surface area contributed by atoms with Crippen molar-refractivity contribution in [1.82, 2.24) is 4.31 Å². The molecular weight excluding hydrogens is 426 g/mol. The molecule has 2 N–H and O–H groups in total. The SMILES string of the molecule is O=C(O)c1ccc(CN([C@@H](CO)c2ccc(Cl)cc2)S(=O)(=O)c2ccccc2)cc1. The maximum atomic E-state index is 13.4. The molecule has 0 amide bonds. The molecule has 0 heterocycles. The van der Waals surface area contributed by atoms with E-state index in [9.17, 15) is 18.3 Å². The van der Waals surface area contributed by atoms with Crippen LogP contribution >= 0.6 is 11.6 Å². The number of aliphatic hydroxyl groups is 1. The number of sulfonamides is 1. The average Bonchev–Trinajstić information content (AvgIpc) is 2.75. The van der Waals surface area contributed by atoms with Gasteiger partial charge in [-0.15, -0.1) is 0 Å². The first-order valence-corrected chi connectivity index (χ1v) is 10.9. The van der Waals surface area contributed by atoms with Crippen LogP contribution in [0, 0.1) is 0 Å². The minimum atomic E-state index is -3.97. The third kappa shape index (κ3) is 4.88. The van der Waals surface area contributed by atoms with Gasteiger partial charge in [0.05, 0.1) is 23.1 Å². The number of aromatic carboxylic acids is 1. The molecule has 30 heavy (non-hydrogen) atoms. The van der Waals surface area contributed by atoms with Crippen LogP contribution in [0.2, 0.25) is 5.02 Å². The van der Waals surface area contributed by atoms with E-state index in [1.165, 1.54) is 28.6 Å². The predicted molar refractivity (Wildman–Crippen MR) is 114 cm³/mol. The van der Waals surface area contributed by atoms with Crippen LogP contribution < -0.4 is 0 Å². The summed E-state index contributed by atoms with van der Waals surface area (Å²) < 4.78 is 28.1. The summed E-state index contributed by atoms with van der Waals surface area (Å²) >= 11 is 5.95. The summed E-state index contributed by atoms with van der Waals surface area (Å²) in [6.45, 7) is -0.494. The van der Waals surface area contributed by atoms with E-state index >= 15 is 0 Å². The molecule has 0 aromatic heterocycles. The molecule has 0 radical (unpaired) electrons. The van der Waals surface area contributed by atoms with Crippen molar-refractivity contribution in [2.75, 3.05) is 6.61 Å². The smallest absolute Gasteiger partial charge is 0.335 e. The minimum Gasteiger partial charge on any atom is -0.478 e. The van der Waals surface area contributed by atoms with Crippen molar-refractivity contribution in [3.05, 3.63) is 101 Å². The summed E-state index contributed by atoms with van der Waals surface area (Å²) in [6.07, 6.45) is 0. The zero-order valence-corrected chi connectivity index (χ0v) is 17.4. The Hall–Kier alpha value is -2.71. The van der Waals surface area contributed by atoms with Gasteiger partial charge in [-0.1, -0.05) is 54.1 Å². The first-order valence-electron chi connectivity index (χ1n) is 9.08. The van der Waals surface area contributed by atoms with Gasteiger partial charge in [0.1, 0.15) is 0 Å². The highest BCUT2D eigenvalue weighted by atomic mass is 35.5. The summed E-state index contributed by atoms with van der Waals surface area (Å²) in [6, 6.07) is 19.7. The van der Waals surface area contributed by atoms with Gasteiger partial charge in [-0.3, -0.25) is 0 Å². The highest BCUT2D eigenvalue weighted by Crippen LogP contribution is 2.30. The molecule has 8 heteroatoms. The van der Waals surface area contributed by atoms with Crippen LogP contribution in [0.25, 0.3) is 0 Å². The molecule has 0 aliphatic carbocycles. The van der Waals surface area contributed by atoms with Crippen LogP contribution in [0.1, 0.15) is 27.5 Å². The number of benzene rings is 3. The van der Waals surface area contributed by atoms with Crippen molar-refractivity contribution in [3.8, 4) is 0 Å². The first kappa shape index (κ1) is 22.0. The molecule has 0 aliphatic heterocycles. The van der Waals surface area contributed by atoms with Crippen LogP contribution in [0.15, 0.2) is 83.8 Å². The van der Waals surface area contributed by atoms with Crippen molar-refractivity contribution in [2.45, 2.75) is 17.5 Å². The molecule has 1 atom stereocenters. The molecule has 3 aromatic carbocycles. The second-order valence-corrected chi connectivity index (χ2v) is 8.94. The lowest BCUT2D eigenvalue weighted by Gasteiger charge is -2.30. The van der Waals surface area contributed by atoms with Crippen LogP contribution in [0.3, 0.4) is 0 Å². The number of rotatable bonds is 8. The molecule has 3 rings (SSSR count). The van der Waals surface area contributed by atoms with Crippen LogP contribution in [-0.2, 0) is 16.6 Å². The van der Waals surface area contributed by atoms with E-state index in [0.717, 1.165) is 0 Å². The number of carbonyl (C=O) groups is 1. The monoisotopic (exact) mass is 445 g/mol. The number of aliphatic hydroxyl groups excluding tert-OH is 1. The van der Waals surface area contributed by atoms with Crippen LogP contribution in [-0.4, -0.2) is 35.5 Å². The second kappa shape index (κ2) is 9.40. The molecule has 0 bridgehead atoms. The number of hydrogen-bond acceptors (Lipinski definition) is 4. The van der Waals surface area contributed by atoms with E-state index in [0.29, 0.717) is 16.1 Å². The number of carboxylic acid groups (broad SMARTS) is 1. The molecular formula is C22H20ClNO5S. The number of hydrogen-bond donors (Lipinski definition) is 2. The Morgan fingerprint density at radius 1 is 0.933 bits per heavy atom. The first-order chi connectivity index (χ1) is 14.3. The average molecular weight is 446 g/mol. The Morgan fingerprint density at radius 2 is 1.53 bits per heavy atom. The fourth-order valence-corrected chi connectivity index (χ4v) is 4.81. The van der Waals surface area contributed by atoms with E-state index < -0.39 is 28.6 Å². The summed E-state index contributed by atoms with van der Waals surface area (Å²) in [4.78, 5) is 11.2. The lowest BCUT2D eigenvalue weighted by molar-refractivity contribution is 0.0697. The molecule has 0 saturated heterocycles. The summed E-state index contributed by atoms with van der Waals surface area (Å²) in [5.74, 6) is -1.07.